The number of aryl methyl sites for hydroxylation is 1. The molecular formula is C18H22N4O2. The summed E-state index contributed by atoms with van der Waals surface area (Å²) in [5.41, 5.74) is 2.51. The normalized spacial score (nSPS) is 14.5. The van der Waals surface area contributed by atoms with Crippen molar-refractivity contribution in [1.82, 2.24) is 9.97 Å². The second-order valence-corrected chi connectivity index (χ2v) is 5.76. The van der Waals surface area contributed by atoms with Gasteiger partial charge in [-0.05, 0) is 31.5 Å². The number of hydrogen-bond donors (Lipinski definition) is 0. The molecule has 0 aliphatic carbocycles. The third kappa shape index (κ3) is 3.54. The lowest BCUT2D eigenvalue weighted by Crippen LogP contribution is -2.37. The summed E-state index contributed by atoms with van der Waals surface area (Å²) in [4.78, 5) is 25.3. The zero-order chi connectivity index (χ0) is 16.9. The first-order chi connectivity index (χ1) is 11.7. The van der Waals surface area contributed by atoms with Crippen LogP contribution in [0.2, 0.25) is 0 Å². The third-order valence-electron chi connectivity index (χ3n) is 4.05. The Hall–Kier alpha value is -2.47. The maximum atomic E-state index is 12.8. The van der Waals surface area contributed by atoms with Crippen LogP contribution in [0, 0.1) is 6.92 Å². The van der Waals surface area contributed by atoms with Gasteiger partial charge in [-0.2, -0.15) is 0 Å². The number of hydrogen-bond acceptors (Lipinski definition) is 5. The van der Waals surface area contributed by atoms with Crippen LogP contribution in [0.4, 0.5) is 11.6 Å². The molecule has 1 saturated heterocycles. The van der Waals surface area contributed by atoms with Crippen LogP contribution < -0.4 is 9.80 Å². The lowest BCUT2D eigenvalue weighted by atomic mass is 10.2. The highest BCUT2D eigenvalue weighted by Crippen LogP contribution is 2.19. The van der Waals surface area contributed by atoms with Crippen LogP contribution >= 0.6 is 0 Å². The molecule has 1 amide bonds. The molecule has 126 valence electrons. The molecule has 2 aromatic rings. The number of amides is 1. The number of rotatable bonds is 4. The topological polar surface area (TPSA) is 58.6 Å². The first-order valence-corrected chi connectivity index (χ1v) is 8.22. The van der Waals surface area contributed by atoms with Crippen molar-refractivity contribution in [2.75, 3.05) is 42.6 Å². The lowest BCUT2D eigenvalue weighted by Gasteiger charge is -2.26. The SMILES string of the molecule is CCN(C(=O)c1cnc(N2CCOCC2)nc1)c1cccc(C)c1. The van der Waals surface area contributed by atoms with Crippen molar-refractivity contribution in [2.24, 2.45) is 0 Å². The first-order valence-electron chi connectivity index (χ1n) is 8.22. The molecule has 0 saturated carbocycles. The highest BCUT2D eigenvalue weighted by molar-refractivity contribution is 6.05. The van der Waals surface area contributed by atoms with E-state index in [1.54, 1.807) is 17.3 Å². The molecule has 1 aliphatic rings. The zero-order valence-corrected chi connectivity index (χ0v) is 14.1. The second-order valence-electron chi connectivity index (χ2n) is 5.76. The average Bonchev–Trinajstić information content (AvgIpc) is 2.63. The van der Waals surface area contributed by atoms with Gasteiger partial charge in [0.05, 0.1) is 18.8 Å². The van der Waals surface area contributed by atoms with Crippen LogP contribution in [-0.2, 0) is 4.74 Å². The molecule has 3 rings (SSSR count). The van der Waals surface area contributed by atoms with Gasteiger partial charge >= 0.3 is 0 Å². The van der Waals surface area contributed by atoms with Gasteiger partial charge in [0, 0.05) is 37.7 Å². The van der Waals surface area contributed by atoms with Crippen molar-refractivity contribution in [1.29, 1.82) is 0 Å². The number of ether oxygens (including phenoxy) is 1. The lowest BCUT2D eigenvalue weighted by molar-refractivity contribution is 0.0987. The van der Waals surface area contributed by atoms with Gasteiger partial charge in [0.2, 0.25) is 5.95 Å². The van der Waals surface area contributed by atoms with Crippen molar-refractivity contribution in [3.05, 3.63) is 47.8 Å². The van der Waals surface area contributed by atoms with E-state index in [1.807, 2.05) is 38.1 Å². The maximum absolute atomic E-state index is 12.8. The molecule has 1 aliphatic heterocycles. The number of nitrogens with zero attached hydrogens (tertiary/aromatic N) is 4. The summed E-state index contributed by atoms with van der Waals surface area (Å²) in [6.07, 6.45) is 3.22. The van der Waals surface area contributed by atoms with E-state index in [9.17, 15) is 4.79 Å². The highest BCUT2D eigenvalue weighted by atomic mass is 16.5. The van der Waals surface area contributed by atoms with E-state index < -0.39 is 0 Å². The van der Waals surface area contributed by atoms with E-state index in [0.717, 1.165) is 24.3 Å². The Balaban J connectivity index is 1.78. The molecule has 0 bridgehead atoms. The van der Waals surface area contributed by atoms with Gasteiger partial charge in [0.15, 0.2) is 0 Å². The first kappa shape index (κ1) is 16.4. The molecule has 0 spiro atoms. The number of aromatic nitrogens is 2. The largest absolute Gasteiger partial charge is 0.378 e. The van der Waals surface area contributed by atoms with Crippen LogP contribution in [0.25, 0.3) is 0 Å². The van der Waals surface area contributed by atoms with E-state index in [2.05, 4.69) is 14.9 Å². The third-order valence-corrected chi connectivity index (χ3v) is 4.05. The number of carbonyl (C=O) groups is 1. The summed E-state index contributed by atoms with van der Waals surface area (Å²) in [6.45, 7) is 7.48. The molecular weight excluding hydrogens is 304 g/mol. The average molecular weight is 326 g/mol. The van der Waals surface area contributed by atoms with Gasteiger partial charge in [-0.25, -0.2) is 9.97 Å². The van der Waals surface area contributed by atoms with E-state index in [-0.39, 0.29) is 5.91 Å². The fourth-order valence-electron chi connectivity index (χ4n) is 2.75. The standard InChI is InChI=1S/C18H22N4O2/c1-3-22(16-6-4-5-14(2)11-16)17(23)15-12-19-18(20-13-15)21-7-9-24-10-8-21/h4-6,11-13H,3,7-10H2,1-2H3. The van der Waals surface area contributed by atoms with Crippen molar-refractivity contribution in [3.8, 4) is 0 Å². The molecule has 0 N–H and O–H groups in total. The van der Waals surface area contributed by atoms with Crippen LogP contribution in [-0.4, -0.2) is 48.7 Å². The van der Waals surface area contributed by atoms with Gasteiger partial charge in [-0.15, -0.1) is 0 Å². The Morgan fingerprint density at radius 1 is 1.25 bits per heavy atom. The van der Waals surface area contributed by atoms with Gasteiger partial charge in [0.25, 0.3) is 5.91 Å². The summed E-state index contributed by atoms with van der Waals surface area (Å²) in [6, 6.07) is 7.92. The Labute approximate surface area is 142 Å². The van der Waals surface area contributed by atoms with Crippen molar-refractivity contribution >= 4 is 17.5 Å². The molecule has 1 aromatic carbocycles. The van der Waals surface area contributed by atoms with Crippen molar-refractivity contribution in [3.63, 3.8) is 0 Å². The number of morpholine rings is 1. The van der Waals surface area contributed by atoms with Crippen LogP contribution in [0.3, 0.4) is 0 Å². The van der Waals surface area contributed by atoms with Gasteiger partial charge in [-0.3, -0.25) is 4.79 Å². The van der Waals surface area contributed by atoms with Gasteiger partial charge in [0.1, 0.15) is 0 Å². The smallest absolute Gasteiger partial charge is 0.261 e. The molecule has 24 heavy (non-hydrogen) atoms. The molecule has 0 radical (unpaired) electrons. The summed E-state index contributed by atoms with van der Waals surface area (Å²) in [7, 11) is 0. The monoisotopic (exact) mass is 326 g/mol. The minimum atomic E-state index is -0.0865. The predicted molar refractivity (Wildman–Crippen MR) is 93.6 cm³/mol. The Bertz CT molecular complexity index is 696. The number of carbonyl (C=O) groups excluding carboxylic acids is 1. The summed E-state index contributed by atoms with van der Waals surface area (Å²) in [5.74, 6) is 0.560. The molecule has 0 unspecified atom stereocenters. The van der Waals surface area contributed by atoms with Crippen LogP contribution in [0.5, 0.6) is 0 Å². The van der Waals surface area contributed by atoms with E-state index in [4.69, 9.17) is 4.74 Å². The number of benzene rings is 1. The second kappa shape index (κ2) is 7.40. The summed E-state index contributed by atoms with van der Waals surface area (Å²) in [5, 5.41) is 0. The summed E-state index contributed by atoms with van der Waals surface area (Å²) < 4.78 is 5.33. The fourth-order valence-corrected chi connectivity index (χ4v) is 2.75. The van der Waals surface area contributed by atoms with Crippen molar-refractivity contribution < 1.29 is 9.53 Å². The Kier molecular flexibility index (Phi) is 5.05. The highest BCUT2D eigenvalue weighted by Gasteiger charge is 2.19. The van der Waals surface area contributed by atoms with E-state index in [0.29, 0.717) is 31.3 Å². The minimum Gasteiger partial charge on any atom is -0.378 e. The fraction of sp³-hybridized carbons (Fsp3) is 0.389. The molecule has 6 nitrogen and oxygen atoms in total. The van der Waals surface area contributed by atoms with E-state index >= 15 is 0 Å². The molecule has 1 aromatic heterocycles. The van der Waals surface area contributed by atoms with Gasteiger partial charge < -0.3 is 14.5 Å². The zero-order valence-electron chi connectivity index (χ0n) is 14.1. The molecule has 6 heteroatoms. The maximum Gasteiger partial charge on any atom is 0.261 e. The quantitative estimate of drug-likeness (QED) is 0.863. The Morgan fingerprint density at radius 2 is 1.96 bits per heavy atom. The van der Waals surface area contributed by atoms with Crippen LogP contribution in [0.15, 0.2) is 36.7 Å². The van der Waals surface area contributed by atoms with Crippen LogP contribution in [0.1, 0.15) is 22.8 Å². The minimum absolute atomic E-state index is 0.0865. The molecule has 2 heterocycles. The molecule has 1 fully saturated rings. The summed E-state index contributed by atoms with van der Waals surface area (Å²) >= 11 is 0. The molecule has 0 atom stereocenters. The predicted octanol–water partition coefficient (Wildman–Crippen LogP) is 2.29. The van der Waals surface area contributed by atoms with Gasteiger partial charge in [-0.1, -0.05) is 12.1 Å². The van der Waals surface area contributed by atoms with E-state index in [1.165, 1.54) is 0 Å². The Morgan fingerprint density at radius 3 is 2.58 bits per heavy atom. The van der Waals surface area contributed by atoms with Crippen molar-refractivity contribution in [2.45, 2.75) is 13.8 Å². The number of anilines is 2.